The number of urea groups is 1. The lowest BCUT2D eigenvalue weighted by Crippen LogP contribution is -2.40. The van der Waals surface area contributed by atoms with E-state index in [1.165, 1.54) is 32.4 Å². The highest BCUT2D eigenvalue weighted by Gasteiger charge is 2.17. The van der Waals surface area contributed by atoms with Crippen LogP contribution in [-0.2, 0) is 6.54 Å². The van der Waals surface area contributed by atoms with E-state index in [9.17, 15) is 4.79 Å². The summed E-state index contributed by atoms with van der Waals surface area (Å²) < 4.78 is 1.91. The summed E-state index contributed by atoms with van der Waals surface area (Å²) in [5.74, 6) is 0. The Bertz CT molecular complexity index is 519. The van der Waals surface area contributed by atoms with Crippen LogP contribution in [0.25, 0.3) is 0 Å². The Kier molecular flexibility index (Phi) is 6.45. The normalized spacial score (nSPS) is 17.0. The number of anilines is 1. The molecule has 2 rings (SSSR count). The van der Waals surface area contributed by atoms with E-state index in [-0.39, 0.29) is 6.03 Å². The first-order valence-corrected chi connectivity index (χ1v) is 8.85. The zero-order valence-electron chi connectivity index (χ0n) is 15.0. The summed E-state index contributed by atoms with van der Waals surface area (Å²) in [5, 5.41) is 10.3. The largest absolute Gasteiger partial charge is 0.338 e. The van der Waals surface area contributed by atoms with E-state index < -0.39 is 0 Å². The molecule has 2 N–H and O–H groups in total. The number of rotatable bonds is 6. The van der Waals surface area contributed by atoms with Crippen LogP contribution in [0.15, 0.2) is 0 Å². The average Bonchev–Trinajstić information content (AvgIpc) is 2.83. The summed E-state index contributed by atoms with van der Waals surface area (Å²) in [6.07, 6.45) is 4.95. The van der Waals surface area contributed by atoms with Gasteiger partial charge in [0.1, 0.15) is 0 Å². The number of aryl methyl sites for hydroxylation is 2. The molecule has 1 atom stereocenters. The molecule has 6 nitrogen and oxygen atoms in total. The fourth-order valence-corrected chi connectivity index (χ4v) is 3.28. The molecule has 1 fully saturated rings. The van der Waals surface area contributed by atoms with Crippen molar-refractivity contribution >= 4 is 11.7 Å². The van der Waals surface area contributed by atoms with Gasteiger partial charge in [-0.1, -0.05) is 6.42 Å². The van der Waals surface area contributed by atoms with Crippen LogP contribution in [0.1, 0.15) is 50.9 Å². The zero-order chi connectivity index (χ0) is 16.8. The first-order valence-electron chi connectivity index (χ1n) is 8.85. The Labute approximate surface area is 139 Å². The molecule has 23 heavy (non-hydrogen) atoms. The van der Waals surface area contributed by atoms with E-state index in [4.69, 9.17) is 0 Å². The first kappa shape index (κ1) is 17.8. The molecular formula is C17H31N5O. The van der Waals surface area contributed by atoms with Crippen molar-refractivity contribution in [2.24, 2.45) is 0 Å². The highest BCUT2D eigenvalue weighted by atomic mass is 16.2. The minimum Gasteiger partial charge on any atom is -0.338 e. The Balaban J connectivity index is 1.76. The molecule has 0 spiro atoms. The minimum absolute atomic E-state index is 0.141. The van der Waals surface area contributed by atoms with Gasteiger partial charge in [-0.3, -0.25) is 4.68 Å². The van der Waals surface area contributed by atoms with Gasteiger partial charge in [-0.25, -0.2) is 4.79 Å². The van der Waals surface area contributed by atoms with Crippen LogP contribution in [0.4, 0.5) is 10.5 Å². The number of carbonyl (C=O) groups is 1. The second-order valence-electron chi connectivity index (χ2n) is 6.48. The second-order valence-corrected chi connectivity index (χ2v) is 6.48. The van der Waals surface area contributed by atoms with Gasteiger partial charge in [-0.2, -0.15) is 5.10 Å². The van der Waals surface area contributed by atoms with Gasteiger partial charge in [0.25, 0.3) is 0 Å². The molecular weight excluding hydrogens is 290 g/mol. The highest BCUT2D eigenvalue weighted by molar-refractivity contribution is 5.90. The van der Waals surface area contributed by atoms with Crippen molar-refractivity contribution in [3.63, 3.8) is 0 Å². The van der Waals surface area contributed by atoms with Gasteiger partial charge in [0.15, 0.2) is 0 Å². The number of hydrogen-bond acceptors (Lipinski definition) is 3. The quantitative estimate of drug-likeness (QED) is 0.847. The van der Waals surface area contributed by atoms with Gasteiger partial charge < -0.3 is 15.5 Å². The number of likely N-dealkylation sites (tertiary alicyclic amines) is 1. The molecule has 0 radical (unpaired) electrons. The van der Waals surface area contributed by atoms with Crippen molar-refractivity contribution in [1.82, 2.24) is 20.0 Å². The number of carbonyl (C=O) groups excluding carboxylic acids is 1. The van der Waals surface area contributed by atoms with Crippen molar-refractivity contribution in [1.29, 1.82) is 0 Å². The average molecular weight is 321 g/mol. The van der Waals surface area contributed by atoms with Crippen LogP contribution in [0.2, 0.25) is 0 Å². The molecule has 2 heterocycles. The fraction of sp³-hybridized carbons (Fsp3) is 0.765. The van der Waals surface area contributed by atoms with E-state index in [1.54, 1.807) is 0 Å². The van der Waals surface area contributed by atoms with Gasteiger partial charge in [0.2, 0.25) is 0 Å². The van der Waals surface area contributed by atoms with E-state index in [0.29, 0.717) is 12.6 Å². The summed E-state index contributed by atoms with van der Waals surface area (Å²) in [4.78, 5) is 14.6. The lowest BCUT2D eigenvalue weighted by molar-refractivity contribution is 0.166. The minimum atomic E-state index is -0.141. The maximum atomic E-state index is 12.1. The van der Waals surface area contributed by atoms with Gasteiger partial charge in [0.05, 0.1) is 17.1 Å². The number of nitrogens with one attached hydrogen (secondary N) is 2. The van der Waals surface area contributed by atoms with Crippen molar-refractivity contribution in [2.75, 3.05) is 25.0 Å². The number of amides is 2. The topological polar surface area (TPSA) is 62.2 Å². The van der Waals surface area contributed by atoms with E-state index >= 15 is 0 Å². The summed E-state index contributed by atoms with van der Waals surface area (Å²) in [6.45, 7) is 12.1. The number of piperidine rings is 1. The Morgan fingerprint density at radius 3 is 2.57 bits per heavy atom. The Hall–Kier alpha value is -1.56. The molecule has 1 unspecified atom stereocenters. The van der Waals surface area contributed by atoms with Crippen LogP contribution in [0, 0.1) is 13.8 Å². The Morgan fingerprint density at radius 2 is 1.96 bits per heavy atom. The second kappa shape index (κ2) is 8.34. The van der Waals surface area contributed by atoms with Crippen LogP contribution in [0.3, 0.4) is 0 Å². The molecule has 0 saturated carbocycles. The molecule has 1 saturated heterocycles. The van der Waals surface area contributed by atoms with E-state index in [2.05, 4.69) is 27.6 Å². The third kappa shape index (κ3) is 4.70. The van der Waals surface area contributed by atoms with Crippen molar-refractivity contribution in [2.45, 2.75) is 66.0 Å². The van der Waals surface area contributed by atoms with Crippen LogP contribution in [0.5, 0.6) is 0 Å². The first-order chi connectivity index (χ1) is 11.0. The summed E-state index contributed by atoms with van der Waals surface area (Å²) in [6, 6.07) is 0.389. The monoisotopic (exact) mass is 321 g/mol. The maximum Gasteiger partial charge on any atom is 0.319 e. The van der Waals surface area contributed by atoms with E-state index in [0.717, 1.165) is 30.0 Å². The molecule has 0 bridgehead atoms. The van der Waals surface area contributed by atoms with Crippen LogP contribution >= 0.6 is 0 Å². The van der Waals surface area contributed by atoms with Gasteiger partial charge in [0, 0.05) is 19.1 Å². The standard InChI is InChI=1S/C17H31N5O/c1-5-22-15(4)16(14(3)20-22)19-17(23)18-10-9-13(2)21-11-7-6-8-12-21/h13H,5-12H2,1-4H3,(H2,18,19,23). The molecule has 1 aliphatic heterocycles. The van der Waals surface area contributed by atoms with Gasteiger partial charge in [-0.15, -0.1) is 0 Å². The van der Waals surface area contributed by atoms with Crippen LogP contribution < -0.4 is 10.6 Å². The van der Waals surface area contributed by atoms with Crippen molar-refractivity contribution in [3.05, 3.63) is 11.4 Å². The third-order valence-electron chi connectivity index (χ3n) is 4.78. The summed E-state index contributed by atoms with van der Waals surface area (Å²) in [7, 11) is 0. The number of aromatic nitrogens is 2. The number of nitrogens with zero attached hydrogens (tertiary/aromatic N) is 3. The van der Waals surface area contributed by atoms with Crippen molar-refractivity contribution in [3.8, 4) is 0 Å². The lowest BCUT2D eigenvalue weighted by Gasteiger charge is -2.32. The van der Waals surface area contributed by atoms with Gasteiger partial charge >= 0.3 is 6.03 Å². The summed E-state index contributed by atoms with van der Waals surface area (Å²) >= 11 is 0. The molecule has 6 heteroatoms. The van der Waals surface area contributed by atoms with Crippen LogP contribution in [-0.4, -0.2) is 46.4 Å². The predicted octanol–water partition coefficient (Wildman–Crippen LogP) is 2.91. The molecule has 1 aromatic heterocycles. The third-order valence-corrected chi connectivity index (χ3v) is 4.78. The van der Waals surface area contributed by atoms with Gasteiger partial charge in [-0.05, 0) is 60.0 Å². The van der Waals surface area contributed by atoms with E-state index in [1.807, 2.05) is 25.5 Å². The highest BCUT2D eigenvalue weighted by Crippen LogP contribution is 2.19. The smallest absolute Gasteiger partial charge is 0.319 e. The maximum absolute atomic E-state index is 12.1. The molecule has 0 aliphatic carbocycles. The molecule has 2 amide bonds. The molecule has 1 aromatic rings. The SMILES string of the molecule is CCn1nc(C)c(NC(=O)NCCC(C)N2CCCCC2)c1C. The molecule has 1 aliphatic rings. The predicted molar refractivity (Wildman–Crippen MR) is 93.9 cm³/mol. The fourth-order valence-electron chi connectivity index (χ4n) is 3.28. The van der Waals surface area contributed by atoms with Crippen molar-refractivity contribution < 1.29 is 4.79 Å². The summed E-state index contributed by atoms with van der Waals surface area (Å²) in [5.41, 5.74) is 2.69. The molecule has 130 valence electrons. The lowest BCUT2D eigenvalue weighted by atomic mass is 10.1. The molecule has 0 aromatic carbocycles. The zero-order valence-corrected chi connectivity index (χ0v) is 15.0. The Morgan fingerprint density at radius 1 is 1.26 bits per heavy atom. The number of hydrogen-bond donors (Lipinski definition) is 2.